The molecule has 0 bridgehead atoms. The molecule has 2 atom stereocenters. The number of imide groups is 1. The minimum atomic E-state index is -1.02. The summed E-state index contributed by atoms with van der Waals surface area (Å²) in [6.07, 6.45) is -0.0183. The van der Waals surface area contributed by atoms with Gasteiger partial charge in [-0.15, -0.1) is 11.8 Å². The zero-order valence-electron chi connectivity index (χ0n) is 12.1. The second-order valence-corrected chi connectivity index (χ2v) is 6.53. The van der Waals surface area contributed by atoms with E-state index in [0.717, 1.165) is 16.7 Å². The van der Waals surface area contributed by atoms with Crippen LogP contribution in [0.1, 0.15) is 30.6 Å². The monoisotopic (exact) mass is 321 g/mol. The Morgan fingerprint density at radius 1 is 1.27 bits per heavy atom. The lowest BCUT2D eigenvalue weighted by Crippen LogP contribution is -2.32. The first-order valence-electron chi connectivity index (χ1n) is 6.67. The fourth-order valence-corrected chi connectivity index (χ4v) is 3.20. The maximum absolute atomic E-state index is 12.3. The van der Waals surface area contributed by atoms with Crippen LogP contribution in [-0.4, -0.2) is 39.2 Å². The van der Waals surface area contributed by atoms with Crippen LogP contribution >= 0.6 is 11.8 Å². The van der Waals surface area contributed by atoms with Gasteiger partial charge in [-0.2, -0.15) is 0 Å². The van der Waals surface area contributed by atoms with E-state index in [9.17, 15) is 19.2 Å². The van der Waals surface area contributed by atoms with Gasteiger partial charge in [0.15, 0.2) is 5.78 Å². The number of rotatable bonds is 5. The number of ketones is 1. The van der Waals surface area contributed by atoms with Gasteiger partial charge < -0.3 is 5.11 Å². The van der Waals surface area contributed by atoms with Crippen molar-refractivity contribution in [2.75, 3.05) is 4.90 Å². The molecule has 1 N–H and O–H groups in total. The van der Waals surface area contributed by atoms with Crippen LogP contribution in [0.15, 0.2) is 24.3 Å². The van der Waals surface area contributed by atoms with Crippen molar-refractivity contribution < 1.29 is 24.3 Å². The van der Waals surface area contributed by atoms with E-state index in [-0.39, 0.29) is 18.1 Å². The second kappa shape index (κ2) is 6.31. The smallest absolute Gasteiger partial charge is 0.316 e. The summed E-state index contributed by atoms with van der Waals surface area (Å²) < 4.78 is 0. The van der Waals surface area contributed by atoms with Gasteiger partial charge in [0.1, 0.15) is 5.25 Å². The average Bonchev–Trinajstić information content (AvgIpc) is 2.73. The molecular formula is C15H15NO5S. The normalized spacial score (nSPS) is 19.4. The van der Waals surface area contributed by atoms with E-state index in [1.54, 1.807) is 24.3 Å². The van der Waals surface area contributed by atoms with Gasteiger partial charge in [0.05, 0.1) is 10.9 Å². The Morgan fingerprint density at radius 3 is 2.36 bits per heavy atom. The van der Waals surface area contributed by atoms with E-state index in [1.807, 2.05) is 0 Å². The Hall–Kier alpha value is -2.15. The highest BCUT2D eigenvalue weighted by atomic mass is 32.2. The summed E-state index contributed by atoms with van der Waals surface area (Å²) in [6, 6.07) is 6.19. The van der Waals surface area contributed by atoms with Crippen LogP contribution in [0.25, 0.3) is 0 Å². The maximum Gasteiger partial charge on any atom is 0.316 e. The standard InChI is InChI=1S/C15H15NO5S/c1-8(17)10-3-5-11(6-4-10)16-13(18)7-12(14(16)19)22-9(2)15(20)21/h3-6,9,12H,7H2,1-2H3,(H,20,21). The average molecular weight is 321 g/mol. The van der Waals surface area contributed by atoms with Crippen molar-refractivity contribution in [2.45, 2.75) is 30.8 Å². The number of hydrogen-bond acceptors (Lipinski definition) is 5. The maximum atomic E-state index is 12.3. The molecule has 2 amide bonds. The molecule has 22 heavy (non-hydrogen) atoms. The largest absolute Gasteiger partial charge is 0.480 e. The molecule has 1 aromatic rings. The quantitative estimate of drug-likeness (QED) is 0.656. The zero-order chi connectivity index (χ0) is 16.4. The first-order valence-corrected chi connectivity index (χ1v) is 7.61. The van der Waals surface area contributed by atoms with E-state index in [4.69, 9.17) is 5.11 Å². The summed E-state index contributed by atoms with van der Waals surface area (Å²) in [5.74, 6) is -1.90. The summed E-state index contributed by atoms with van der Waals surface area (Å²) >= 11 is 0.968. The molecule has 0 radical (unpaired) electrons. The van der Waals surface area contributed by atoms with Gasteiger partial charge in [-0.25, -0.2) is 4.90 Å². The molecule has 0 spiro atoms. The lowest BCUT2D eigenvalue weighted by Gasteiger charge is -2.16. The van der Waals surface area contributed by atoms with Crippen molar-refractivity contribution in [2.24, 2.45) is 0 Å². The Kier molecular flexibility index (Phi) is 4.65. The molecule has 1 fully saturated rings. The van der Waals surface area contributed by atoms with E-state index >= 15 is 0 Å². The minimum Gasteiger partial charge on any atom is -0.480 e. The fraction of sp³-hybridized carbons (Fsp3) is 0.333. The fourth-order valence-electron chi connectivity index (χ4n) is 2.13. The van der Waals surface area contributed by atoms with Crippen molar-refractivity contribution in [1.82, 2.24) is 0 Å². The Balaban J connectivity index is 2.18. The summed E-state index contributed by atoms with van der Waals surface area (Å²) in [7, 11) is 0. The zero-order valence-corrected chi connectivity index (χ0v) is 12.9. The first kappa shape index (κ1) is 16.2. The highest BCUT2D eigenvalue weighted by Crippen LogP contribution is 2.32. The molecule has 116 valence electrons. The van der Waals surface area contributed by atoms with Crippen molar-refractivity contribution in [1.29, 1.82) is 0 Å². The van der Waals surface area contributed by atoms with Crippen molar-refractivity contribution in [3.63, 3.8) is 0 Å². The van der Waals surface area contributed by atoms with Crippen LogP contribution in [0.4, 0.5) is 5.69 Å². The number of carbonyl (C=O) groups is 4. The van der Waals surface area contributed by atoms with Crippen molar-refractivity contribution in [3.05, 3.63) is 29.8 Å². The third kappa shape index (κ3) is 3.19. The Bertz CT molecular complexity index is 640. The molecule has 1 aliphatic heterocycles. The molecule has 7 heteroatoms. The topological polar surface area (TPSA) is 91.8 Å². The number of nitrogens with zero attached hydrogens (tertiary/aromatic N) is 1. The highest BCUT2D eigenvalue weighted by Gasteiger charge is 2.41. The number of thioether (sulfide) groups is 1. The van der Waals surface area contributed by atoms with Crippen LogP contribution in [0.3, 0.4) is 0 Å². The third-order valence-electron chi connectivity index (χ3n) is 3.35. The number of anilines is 1. The molecule has 0 saturated carbocycles. The number of benzene rings is 1. The van der Waals surface area contributed by atoms with Gasteiger partial charge in [-0.1, -0.05) is 0 Å². The summed E-state index contributed by atoms with van der Waals surface area (Å²) in [5, 5.41) is 7.45. The Morgan fingerprint density at radius 2 is 1.86 bits per heavy atom. The van der Waals surface area contributed by atoms with Gasteiger partial charge in [-0.05, 0) is 38.1 Å². The number of hydrogen-bond donors (Lipinski definition) is 1. The first-order chi connectivity index (χ1) is 10.3. The lowest BCUT2D eigenvalue weighted by molar-refractivity contribution is -0.136. The number of amides is 2. The molecule has 1 aliphatic rings. The lowest BCUT2D eigenvalue weighted by atomic mass is 10.1. The van der Waals surface area contributed by atoms with Gasteiger partial charge in [0.25, 0.3) is 0 Å². The van der Waals surface area contributed by atoms with E-state index in [0.29, 0.717) is 11.3 Å². The molecule has 2 unspecified atom stereocenters. The number of carboxylic acid groups (broad SMARTS) is 1. The summed E-state index contributed by atoms with van der Waals surface area (Å²) in [4.78, 5) is 47.5. The van der Waals surface area contributed by atoms with Crippen molar-refractivity contribution >= 4 is 41.0 Å². The number of carbonyl (C=O) groups excluding carboxylic acids is 3. The number of aliphatic carboxylic acids is 1. The van der Waals surface area contributed by atoms with Crippen molar-refractivity contribution in [3.8, 4) is 0 Å². The van der Waals surface area contributed by atoms with Gasteiger partial charge in [-0.3, -0.25) is 19.2 Å². The summed E-state index contributed by atoms with van der Waals surface area (Å²) in [6.45, 7) is 2.91. The molecule has 1 aromatic carbocycles. The van der Waals surface area contributed by atoms with Gasteiger partial charge >= 0.3 is 5.97 Å². The van der Waals surface area contributed by atoms with Gasteiger partial charge in [0, 0.05) is 12.0 Å². The van der Waals surface area contributed by atoms with E-state index < -0.39 is 22.4 Å². The molecule has 0 aliphatic carbocycles. The molecule has 2 rings (SSSR count). The number of carboxylic acids is 1. The van der Waals surface area contributed by atoms with Gasteiger partial charge in [0.2, 0.25) is 11.8 Å². The molecule has 1 saturated heterocycles. The van der Waals surface area contributed by atoms with E-state index in [2.05, 4.69) is 0 Å². The Labute approximate surface area is 131 Å². The van der Waals surface area contributed by atoms with Crippen LogP contribution < -0.4 is 4.90 Å². The minimum absolute atomic E-state index is 0.0183. The third-order valence-corrected chi connectivity index (χ3v) is 4.66. The summed E-state index contributed by atoms with van der Waals surface area (Å²) in [5.41, 5.74) is 0.888. The molecule has 6 nitrogen and oxygen atoms in total. The van der Waals surface area contributed by atoms with E-state index in [1.165, 1.54) is 13.8 Å². The van der Waals surface area contributed by atoms with Crippen LogP contribution in [0, 0.1) is 0 Å². The van der Waals surface area contributed by atoms with Crippen LogP contribution in [-0.2, 0) is 14.4 Å². The number of Topliss-reactive ketones (excluding diaryl/α,β-unsaturated/α-hetero) is 1. The molecule has 0 aromatic heterocycles. The SMILES string of the molecule is CC(=O)c1ccc(N2C(=O)CC(SC(C)C(=O)O)C2=O)cc1. The molecular weight excluding hydrogens is 306 g/mol. The van der Waals surface area contributed by atoms with Crippen LogP contribution in [0.2, 0.25) is 0 Å². The molecule has 1 heterocycles. The highest BCUT2D eigenvalue weighted by molar-refractivity contribution is 8.01. The predicted molar refractivity (Wildman–Crippen MR) is 82.0 cm³/mol. The second-order valence-electron chi connectivity index (χ2n) is 4.98. The predicted octanol–water partition coefficient (Wildman–Crippen LogP) is 1.73. The van der Waals surface area contributed by atoms with Crippen LogP contribution in [0.5, 0.6) is 0 Å².